The maximum atomic E-state index is 11.0. The van der Waals surface area contributed by atoms with Crippen LogP contribution in [0.5, 0.6) is 0 Å². The summed E-state index contributed by atoms with van der Waals surface area (Å²) in [7, 11) is 1.69. The standard InChI is InChI=1S/C7H12N2O/c1-6-3-4-8-9(2)7(10)5-6/h4,6H,3,5H2,1-2H3. The lowest BCUT2D eigenvalue weighted by atomic mass is 10.1. The van der Waals surface area contributed by atoms with Crippen molar-refractivity contribution in [1.82, 2.24) is 5.01 Å². The molecule has 1 rings (SSSR count). The van der Waals surface area contributed by atoms with Crippen LogP contribution in [0.3, 0.4) is 0 Å². The van der Waals surface area contributed by atoms with E-state index in [0.29, 0.717) is 12.3 Å². The quantitative estimate of drug-likeness (QED) is 0.491. The molecule has 3 nitrogen and oxygen atoms in total. The second-order valence-electron chi connectivity index (χ2n) is 2.76. The smallest absolute Gasteiger partial charge is 0.242 e. The maximum Gasteiger partial charge on any atom is 0.242 e. The van der Waals surface area contributed by atoms with Crippen LogP contribution in [0.1, 0.15) is 19.8 Å². The van der Waals surface area contributed by atoms with Crippen LogP contribution in [-0.4, -0.2) is 24.2 Å². The Hall–Kier alpha value is -0.860. The predicted octanol–water partition coefficient (Wildman–Crippen LogP) is 0.860. The van der Waals surface area contributed by atoms with E-state index in [0.717, 1.165) is 6.42 Å². The van der Waals surface area contributed by atoms with Crippen molar-refractivity contribution in [3.63, 3.8) is 0 Å². The SMILES string of the molecule is CC1CC=NN(C)C(=O)C1. The Morgan fingerprint density at radius 3 is 3.20 bits per heavy atom. The highest BCUT2D eigenvalue weighted by atomic mass is 16.2. The molecular weight excluding hydrogens is 128 g/mol. The molecule has 1 unspecified atom stereocenters. The normalized spacial score (nSPS) is 26.8. The zero-order valence-electron chi connectivity index (χ0n) is 6.37. The number of nitrogens with zero attached hydrogens (tertiary/aromatic N) is 2. The molecule has 1 aliphatic heterocycles. The van der Waals surface area contributed by atoms with Gasteiger partial charge in [0.15, 0.2) is 0 Å². The van der Waals surface area contributed by atoms with Crippen LogP contribution in [0.4, 0.5) is 0 Å². The summed E-state index contributed by atoms with van der Waals surface area (Å²) in [4.78, 5) is 11.0. The Labute approximate surface area is 60.7 Å². The minimum absolute atomic E-state index is 0.112. The van der Waals surface area contributed by atoms with Gasteiger partial charge in [-0.25, -0.2) is 5.01 Å². The predicted molar refractivity (Wildman–Crippen MR) is 39.7 cm³/mol. The van der Waals surface area contributed by atoms with Crippen molar-refractivity contribution in [2.75, 3.05) is 7.05 Å². The number of carbonyl (C=O) groups excluding carboxylic acids is 1. The third-order valence-electron chi connectivity index (χ3n) is 1.65. The summed E-state index contributed by atoms with van der Waals surface area (Å²) < 4.78 is 0. The lowest BCUT2D eigenvalue weighted by Gasteiger charge is -2.08. The molecule has 0 aliphatic carbocycles. The Balaban J connectivity index is 2.62. The zero-order valence-corrected chi connectivity index (χ0v) is 6.37. The molecule has 0 saturated heterocycles. The first-order chi connectivity index (χ1) is 4.70. The molecule has 0 radical (unpaired) electrons. The van der Waals surface area contributed by atoms with E-state index < -0.39 is 0 Å². The largest absolute Gasteiger partial charge is 0.273 e. The van der Waals surface area contributed by atoms with Crippen molar-refractivity contribution in [2.24, 2.45) is 11.0 Å². The Morgan fingerprint density at radius 1 is 1.80 bits per heavy atom. The molecule has 0 N–H and O–H groups in total. The van der Waals surface area contributed by atoms with Gasteiger partial charge in [-0.2, -0.15) is 5.10 Å². The molecule has 0 aromatic carbocycles. The average molecular weight is 140 g/mol. The Kier molecular flexibility index (Phi) is 2.04. The van der Waals surface area contributed by atoms with Crippen molar-refractivity contribution in [3.8, 4) is 0 Å². The lowest BCUT2D eigenvalue weighted by Crippen LogP contribution is -2.20. The number of rotatable bonds is 0. The minimum atomic E-state index is 0.112. The van der Waals surface area contributed by atoms with E-state index in [1.807, 2.05) is 0 Å². The van der Waals surface area contributed by atoms with E-state index in [9.17, 15) is 4.79 Å². The number of carbonyl (C=O) groups is 1. The summed E-state index contributed by atoms with van der Waals surface area (Å²) in [5, 5.41) is 5.32. The molecule has 0 saturated carbocycles. The molecule has 1 atom stereocenters. The molecule has 0 spiro atoms. The molecule has 1 heterocycles. The second kappa shape index (κ2) is 2.82. The van der Waals surface area contributed by atoms with Gasteiger partial charge < -0.3 is 0 Å². The summed E-state index contributed by atoms with van der Waals surface area (Å²) in [5.74, 6) is 0.558. The molecule has 0 fully saturated rings. The van der Waals surface area contributed by atoms with Gasteiger partial charge in [0.05, 0.1) is 0 Å². The Morgan fingerprint density at radius 2 is 2.50 bits per heavy atom. The maximum absolute atomic E-state index is 11.0. The van der Waals surface area contributed by atoms with Crippen molar-refractivity contribution >= 4 is 12.1 Å². The summed E-state index contributed by atoms with van der Waals surface area (Å²) in [6, 6.07) is 0. The first kappa shape index (κ1) is 7.25. The third-order valence-corrected chi connectivity index (χ3v) is 1.65. The van der Waals surface area contributed by atoms with Crippen LogP contribution in [-0.2, 0) is 4.79 Å². The molecule has 3 heteroatoms. The van der Waals surface area contributed by atoms with Gasteiger partial charge in [-0.1, -0.05) is 6.92 Å². The number of hydrazone groups is 1. The van der Waals surface area contributed by atoms with Gasteiger partial charge in [-0.05, 0) is 12.3 Å². The highest BCUT2D eigenvalue weighted by Crippen LogP contribution is 2.10. The van der Waals surface area contributed by atoms with Gasteiger partial charge in [0.25, 0.3) is 0 Å². The van der Waals surface area contributed by atoms with Gasteiger partial charge in [0.2, 0.25) is 5.91 Å². The molecule has 1 amide bonds. The van der Waals surface area contributed by atoms with Gasteiger partial charge in [-0.15, -0.1) is 0 Å². The summed E-state index contributed by atoms with van der Waals surface area (Å²) in [6.07, 6.45) is 3.34. The lowest BCUT2D eigenvalue weighted by molar-refractivity contribution is -0.130. The monoisotopic (exact) mass is 140 g/mol. The van der Waals surface area contributed by atoms with Crippen LogP contribution in [0.25, 0.3) is 0 Å². The van der Waals surface area contributed by atoms with E-state index >= 15 is 0 Å². The van der Waals surface area contributed by atoms with Crippen LogP contribution >= 0.6 is 0 Å². The first-order valence-electron chi connectivity index (χ1n) is 3.49. The molecule has 0 aromatic rings. The van der Waals surface area contributed by atoms with Crippen molar-refractivity contribution < 1.29 is 4.79 Å². The fraction of sp³-hybridized carbons (Fsp3) is 0.714. The zero-order chi connectivity index (χ0) is 7.56. The number of hydrogen-bond donors (Lipinski definition) is 0. The van der Waals surface area contributed by atoms with E-state index in [1.54, 1.807) is 13.3 Å². The molecule has 1 aliphatic rings. The fourth-order valence-electron chi connectivity index (χ4n) is 0.927. The third kappa shape index (κ3) is 1.56. The van der Waals surface area contributed by atoms with Crippen molar-refractivity contribution in [3.05, 3.63) is 0 Å². The van der Waals surface area contributed by atoms with E-state index in [1.165, 1.54) is 5.01 Å². The second-order valence-corrected chi connectivity index (χ2v) is 2.76. The Bertz CT molecular complexity index is 165. The highest BCUT2D eigenvalue weighted by molar-refractivity contribution is 5.78. The van der Waals surface area contributed by atoms with E-state index in [2.05, 4.69) is 12.0 Å². The van der Waals surface area contributed by atoms with E-state index in [4.69, 9.17) is 0 Å². The first-order valence-corrected chi connectivity index (χ1v) is 3.49. The van der Waals surface area contributed by atoms with Crippen LogP contribution in [0.15, 0.2) is 5.10 Å². The molecular formula is C7H12N2O. The summed E-state index contributed by atoms with van der Waals surface area (Å²) >= 11 is 0. The molecule has 10 heavy (non-hydrogen) atoms. The topological polar surface area (TPSA) is 32.7 Å². The molecule has 0 bridgehead atoms. The summed E-state index contributed by atoms with van der Waals surface area (Å²) in [5.41, 5.74) is 0. The van der Waals surface area contributed by atoms with Gasteiger partial charge in [-0.3, -0.25) is 4.79 Å². The van der Waals surface area contributed by atoms with E-state index in [-0.39, 0.29) is 5.91 Å². The number of hydrogen-bond acceptors (Lipinski definition) is 2. The van der Waals surface area contributed by atoms with Crippen LogP contribution in [0.2, 0.25) is 0 Å². The highest BCUT2D eigenvalue weighted by Gasteiger charge is 2.14. The van der Waals surface area contributed by atoms with Crippen LogP contribution in [0, 0.1) is 5.92 Å². The van der Waals surface area contributed by atoms with Crippen molar-refractivity contribution in [1.29, 1.82) is 0 Å². The van der Waals surface area contributed by atoms with Gasteiger partial charge in [0, 0.05) is 19.7 Å². The van der Waals surface area contributed by atoms with Crippen LogP contribution < -0.4 is 0 Å². The fourth-order valence-corrected chi connectivity index (χ4v) is 0.927. The average Bonchev–Trinajstić information content (AvgIpc) is 1.96. The molecule has 56 valence electrons. The van der Waals surface area contributed by atoms with Gasteiger partial charge in [0.1, 0.15) is 0 Å². The summed E-state index contributed by atoms with van der Waals surface area (Å²) in [6.45, 7) is 2.06. The van der Waals surface area contributed by atoms with Crippen molar-refractivity contribution in [2.45, 2.75) is 19.8 Å². The molecule has 0 aromatic heterocycles. The minimum Gasteiger partial charge on any atom is -0.273 e. The van der Waals surface area contributed by atoms with Gasteiger partial charge >= 0.3 is 0 Å². The number of amides is 1.